The number of ether oxygens (including phenoxy) is 1. The highest BCUT2D eigenvalue weighted by Gasteiger charge is 2.15. The van der Waals surface area contributed by atoms with Gasteiger partial charge in [0.25, 0.3) is 0 Å². The van der Waals surface area contributed by atoms with E-state index in [-0.39, 0.29) is 18.3 Å². The van der Waals surface area contributed by atoms with Crippen molar-refractivity contribution in [1.29, 1.82) is 0 Å². The van der Waals surface area contributed by atoms with Crippen molar-refractivity contribution < 1.29 is 9.53 Å². The van der Waals surface area contributed by atoms with E-state index in [4.69, 9.17) is 4.74 Å². The topological polar surface area (TPSA) is 50.4 Å². The van der Waals surface area contributed by atoms with E-state index in [1.807, 2.05) is 18.2 Å². The average molecular weight is 378 g/mol. The number of benzene rings is 1. The van der Waals surface area contributed by atoms with Gasteiger partial charge in [0.1, 0.15) is 5.75 Å². The number of hydrogen-bond acceptors (Lipinski definition) is 3. The van der Waals surface area contributed by atoms with Crippen molar-refractivity contribution in [2.45, 2.75) is 31.7 Å². The molecule has 1 amide bonds. The zero-order valence-electron chi connectivity index (χ0n) is 12.2. The van der Waals surface area contributed by atoms with E-state index in [1.54, 1.807) is 7.11 Å². The Labute approximate surface area is 140 Å². The highest BCUT2D eigenvalue weighted by molar-refractivity contribution is 9.10. The van der Waals surface area contributed by atoms with Gasteiger partial charge in [0.05, 0.1) is 11.6 Å². The maximum absolute atomic E-state index is 11.9. The molecule has 0 aliphatic carbocycles. The van der Waals surface area contributed by atoms with Crippen LogP contribution < -0.4 is 15.4 Å². The molecule has 4 nitrogen and oxygen atoms in total. The summed E-state index contributed by atoms with van der Waals surface area (Å²) in [6.07, 6.45) is 3.48. The van der Waals surface area contributed by atoms with E-state index in [2.05, 4.69) is 26.6 Å². The van der Waals surface area contributed by atoms with E-state index >= 15 is 0 Å². The van der Waals surface area contributed by atoms with Gasteiger partial charge in [-0.3, -0.25) is 4.79 Å². The van der Waals surface area contributed by atoms with Gasteiger partial charge in [-0.2, -0.15) is 0 Å². The lowest BCUT2D eigenvalue weighted by atomic mass is 10.1. The fourth-order valence-corrected chi connectivity index (χ4v) is 2.99. The van der Waals surface area contributed by atoms with Gasteiger partial charge >= 0.3 is 0 Å². The van der Waals surface area contributed by atoms with E-state index in [0.29, 0.717) is 12.5 Å². The standard InChI is InChI=1S/C15H21BrN2O2.ClH/c1-20-14-6-4-11(9-13(14)16)5-7-15(19)18-12-3-2-8-17-10-12;/h4,6,9,12,17H,2-3,5,7-8,10H2,1H3,(H,18,19);1H/t12-;/m0./s1. The van der Waals surface area contributed by atoms with Crippen molar-refractivity contribution in [2.24, 2.45) is 0 Å². The third-order valence-corrected chi connectivity index (χ3v) is 4.14. The zero-order valence-corrected chi connectivity index (χ0v) is 14.6. The van der Waals surface area contributed by atoms with Gasteiger partial charge in [-0.05, 0) is 59.4 Å². The van der Waals surface area contributed by atoms with E-state index in [0.717, 1.165) is 48.1 Å². The Kier molecular flexibility index (Phi) is 8.07. The summed E-state index contributed by atoms with van der Waals surface area (Å²) in [5.41, 5.74) is 1.13. The molecule has 1 aromatic carbocycles. The molecule has 0 bridgehead atoms. The second kappa shape index (κ2) is 9.28. The van der Waals surface area contributed by atoms with Crippen LogP contribution in [0.25, 0.3) is 0 Å². The zero-order chi connectivity index (χ0) is 14.4. The minimum atomic E-state index is 0. The number of amides is 1. The van der Waals surface area contributed by atoms with Gasteiger partial charge in [0.15, 0.2) is 0 Å². The van der Waals surface area contributed by atoms with Crippen LogP contribution in [0.15, 0.2) is 22.7 Å². The van der Waals surface area contributed by atoms with Gasteiger partial charge in [0, 0.05) is 19.0 Å². The van der Waals surface area contributed by atoms with Gasteiger partial charge in [-0.1, -0.05) is 6.07 Å². The first-order chi connectivity index (χ1) is 9.69. The maximum atomic E-state index is 11.9. The molecule has 1 aromatic rings. The summed E-state index contributed by atoms with van der Waals surface area (Å²) >= 11 is 3.46. The minimum absolute atomic E-state index is 0. The smallest absolute Gasteiger partial charge is 0.220 e. The fourth-order valence-electron chi connectivity index (χ4n) is 2.40. The van der Waals surface area contributed by atoms with E-state index in [9.17, 15) is 4.79 Å². The van der Waals surface area contributed by atoms with Crippen molar-refractivity contribution in [3.8, 4) is 5.75 Å². The largest absolute Gasteiger partial charge is 0.496 e. The Hall–Kier alpha value is -0.780. The molecule has 2 N–H and O–H groups in total. The molecule has 1 fully saturated rings. The van der Waals surface area contributed by atoms with Gasteiger partial charge in [0.2, 0.25) is 5.91 Å². The number of rotatable bonds is 5. The van der Waals surface area contributed by atoms with Crippen LogP contribution in [0, 0.1) is 0 Å². The van der Waals surface area contributed by atoms with Crippen molar-refractivity contribution >= 4 is 34.2 Å². The van der Waals surface area contributed by atoms with Gasteiger partial charge in [-0.25, -0.2) is 0 Å². The van der Waals surface area contributed by atoms with Gasteiger partial charge in [-0.15, -0.1) is 12.4 Å². The lowest BCUT2D eigenvalue weighted by molar-refractivity contribution is -0.121. The summed E-state index contributed by atoms with van der Waals surface area (Å²) in [6.45, 7) is 1.95. The molecule has 1 heterocycles. The number of carbonyl (C=O) groups excluding carboxylic acids is 1. The number of methoxy groups -OCH3 is 1. The van der Waals surface area contributed by atoms with Crippen LogP contribution >= 0.6 is 28.3 Å². The Morgan fingerprint density at radius 1 is 1.52 bits per heavy atom. The Morgan fingerprint density at radius 3 is 2.95 bits per heavy atom. The van der Waals surface area contributed by atoms with E-state index in [1.165, 1.54) is 0 Å². The van der Waals surface area contributed by atoms with Crippen molar-refractivity contribution in [3.63, 3.8) is 0 Å². The summed E-state index contributed by atoms with van der Waals surface area (Å²) in [4.78, 5) is 11.9. The number of hydrogen-bond donors (Lipinski definition) is 2. The second-order valence-corrected chi connectivity index (χ2v) is 5.93. The molecule has 1 saturated heterocycles. The quantitative estimate of drug-likeness (QED) is 0.829. The normalized spacial score (nSPS) is 17.7. The van der Waals surface area contributed by atoms with Crippen LogP contribution in [-0.2, 0) is 11.2 Å². The van der Waals surface area contributed by atoms with Crippen molar-refractivity contribution in [1.82, 2.24) is 10.6 Å². The highest BCUT2D eigenvalue weighted by atomic mass is 79.9. The summed E-state index contributed by atoms with van der Waals surface area (Å²) < 4.78 is 6.12. The third-order valence-electron chi connectivity index (χ3n) is 3.52. The fraction of sp³-hybridized carbons (Fsp3) is 0.533. The predicted octanol–water partition coefficient (Wildman–Crippen LogP) is 2.68. The molecule has 21 heavy (non-hydrogen) atoms. The predicted molar refractivity (Wildman–Crippen MR) is 90.3 cm³/mol. The molecule has 1 atom stereocenters. The highest BCUT2D eigenvalue weighted by Crippen LogP contribution is 2.25. The molecular weight excluding hydrogens is 356 g/mol. The van der Waals surface area contributed by atoms with Crippen LogP contribution in [-0.4, -0.2) is 32.1 Å². The number of nitrogens with one attached hydrogen (secondary N) is 2. The Bertz CT molecular complexity index is 465. The molecule has 0 radical (unpaired) electrons. The third kappa shape index (κ3) is 5.85. The maximum Gasteiger partial charge on any atom is 0.220 e. The van der Waals surface area contributed by atoms with Crippen LogP contribution in [0.3, 0.4) is 0 Å². The molecular formula is C15H22BrClN2O2. The Balaban J connectivity index is 0.00000220. The lowest BCUT2D eigenvalue weighted by Crippen LogP contribution is -2.45. The summed E-state index contributed by atoms with van der Waals surface area (Å²) in [5.74, 6) is 0.942. The first-order valence-corrected chi connectivity index (χ1v) is 7.81. The van der Waals surface area contributed by atoms with E-state index < -0.39 is 0 Å². The second-order valence-electron chi connectivity index (χ2n) is 5.08. The lowest BCUT2D eigenvalue weighted by Gasteiger charge is -2.23. The average Bonchev–Trinajstić information content (AvgIpc) is 2.46. The minimum Gasteiger partial charge on any atom is -0.496 e. The number of carbonyl (C=O) groups is 1. The number of halogens is 2. The summed E-state index contributed by atoms with van der Waals surface area (Å²) in [6, 6.07) is 6.22. The van der Waals surface area contributed by atoms with Crippen molar-refractivity contribution in [2.75, 3.05) is 20.2 Å². The molecule has 0 spiro atoms. The SMILES string of the molecule is COc1ccc(CCC(=O)N[C@H]2CCCNC2)cc1Br.Cl. The molecule has 6 heteroatoms. The molecule has 118 valence electrons. The summed E-state index contributed by atoms with van der Waals surface area (Å²) in [5, 5.41) is 6.39. The first-order valence-electron chi connectivity index (χ1n) is 7.01. The Morgan fingerprint density at radius 2 is 2.33 bits per heavy atom. The van der Waals surface area contributed by atoms with Crippen LogP contribution in [0.5, 0.6) is 5.75 Å². The van der Waals surface area contributed by atoms with Crippen LogP contribution in [0.2, 0.25) is 0 Å². The molecule has 2 rings (SSSR count). The number of aryl methyl sites for hydroxylation is 1. The molecule has 0 saturated carbocycles. The molecule has 0 aromatic heterocycles. The monoisotopic (exact) mass is 376 g/mol. The van der Waals surface area contributed by atoms with Crippen LogP contribution in [0.4, 0.5) is 0 Å². The van der Waals surface area contributed by atoms with Crippen LogP contribution in [0.1, 0.15) is 24.8 Å². The molecule has 1 aliphatic rings. The molecule has 0 unspecified atom stereocenters. The summed E-state index contributed by atoms with van der Waals surface area (Å²) in [7, 11) is 1.64. The first kappa shape index (κ1) is 18.3. The number of piperidine rings is 1. The molecule has 1 aliphatic heterocycles. The van der Waals surface area contributed by atoms with Crippen molar-refractivity contribution in [3.05, 3.63) is 28.2 Å². The van der Waals surface area contributed by atoms with Gasteiger partial charge < -0.3 is 15.4 Å².